The smallest absolute Gasteiger partial charge is 0.207 e. The molecule has 0 atom stereocenters. The molecule has 6 nitrogen and oxygen atoms in total. The Kier molecular flexibility index (Phi) is 6.38. The monoisotopic (exact) mass is 462 g/mol. The molecule has 1 aliphatic heterocycles. The van der Waals surface area contributed by atoms with Gasteiger partial charge in [-0.05, 0) is 37.6 Å². The number of hydrogen-bond donors (Lipinski definition) is 0. The number of benzene rings is 2. The molecule has 10 heteroatoms. The van der Waals surface area contributed by atoms with E-state index in [0.717, 1.165) is 5.56 Å². The summed E-state index contributed by atoms with van der Waals surface area (Å²) in [5.41, 5.74) is 0.963. The molecule has 3 rings (SSSR count). The van der Waals surface area contributed by atoms with Crippen LogP contribution in [0.15, 0.2) is 52.3 Å². The summed E-state index contributed by atoms with van der Waals surface area (Å²) in [6.07, 6.45) is 0.377. The van der Waals surface area contributed by atoms with Crippen molar-refractivity contribution in [1.29, 1.82) is 0 Å². The second-order valence-electron chi connectivity index (χ2n) is 6.53. The van der Waals surface area contributed by atoms with Crippen molar-refractivity contribution in [1.82, 2.24) is 8.61 Å². The summed E-state index contributed by atoms with van der Waals surface area (Å²) in [6.45, 7) is 2.42. The van der Waals surface area contributed by atoms with Crippen LogP contribution in [0.4, 0.5) is 0 Å². The third-order valence-corrected chi connectivity index (χ3v) is 9.39. The van der Waals surface area contributed by atoms with Gasteiger partial charge in [0.05, 0.1) is 14.9 Å². The molecule has 0 aliphatic carbocycles. The highest BCUT2D eigenvalue weighted by atomic mass is 35.5. The predicted molar refractivity (Wildman–Crippen MR) is 110 cm³/mol. The average molecular weight is 463 g/mol. The average Bonchev–Trinajstić information content (AvgIpc) is 2.91. The minimum Gasteiger partial charge on any atom is -0.207 e. The summed E-state index contributed by atoms with van der Waals surface area (Å²) in [4.78, 5) is 0.129. The maximum atomic E-state index is 13.0. The van der Waals surface area contributed by atoms with E-state index in [1.807, 2.05) is 6.92 Å². The molecule has 0 unspecified atom stereocenters. The standard InChI is InChI=1S/C18H20Cl2N2O4S2/c1-14-6-8-15(9-7-14)27(23,24)21-10-3-11-22(13-12-21)28(25,26)17-5-2-4-16(19)18(17)20/h2,4-9H,3,10-13H2,1H3. The lowest BCUT2D eigenvalue weighted by atomic mass is 10.2. The first-order valence-electron chi connectivity index (χ1n) is 8.65. The molecule has 1 aliphatic rings. The predicted octanol–water partition coefficient (Wildman–Crippen LogP) is 3.39. The molecule has 0 aromatic heterocycles. The number of hydrogen-bond acceptors (Lipinski definition) is 4. The third kappa shape index (κ3) is 4.22. The second-order valence-corrected chi connectivity index (χ2v) is 11.2. The van der Waals surface area contributed by atoms with Gasteiger partial charge >= 0.3 is 0 Å². The highest BCUT2D eigenvalue weighted by Gasteiger charge is 2.32. The van der Waals surface area contributed by atoms with E-state index in [4.69, 9.17) is 23.2 Å². The Bertz CT molecular complexity index is 1070. The van der Waals surface area contributed by atoms with Crippen LogP contribution in [0.25, 0.3) is 0 Å². The van der Waals surface area contributed by atoms with Gasteiger partial charge in [-0.15, -0.1) is 0 Å². The molecule has 1 fully saturated rings. The molecule has 2 aromatic rings. The number of nitrogens with zero attached hydrogens (tertiary/aromatic N) is 2. The van der Waals surface area contributed by atoms with Gasteiger partial charge in [0.1, 0.15) is 4.90 Å². The minimum atomic E-state index is -3.88. The van der Waals surface area contributed by atoms with Gasteiger partial charge < -0.3 is 0 Å². The Morgan fingerprint density at radius 2 is 1.36 bits per heavy atom. The molecule has 0 spiro atoms. The van der Waals surface area contributed by atoms with E-state index in [1.54, 1.807) is 24.3 Å². The van der Waals surface area contributed by atoms with E-state index in [1.165, 1.54) is 26.8 Å². The zero-order valence-corrected chi connectivity index (χ0v) is 18.3. The van der Waals surface area contributed by atoms with Crippen LogP contribution in [-0.2, 0) is 20.0 Å². The van der Waals surface area contributed by atoms with E-state index >= 15 is 0 Å². The Balaban J connectivity index is 1.83. The Morgan fingerprint density at radius 1 is 0.786 bits per heavy atom. The molecule has 152 valence electrons. The fraction of sp³-hybridized carbons (Fsp3) is 0.333. The van der Waals surface area contributed by atoms with Crippen LogP contribution < -0.4 is 0 Å². The minimum absolute atomic E-state index is 0.0300. The van der Waals surface area contributed by atoms with Crippen LogP contribution in [0.5, 0.6) is 0 Å². The zero-order valence-electron chi connectivity index (χ0n) is 15.2. The highest BCUT2D eigenvalue weighted by Crippen LogP contribution is 2.31. The third-order valence-electron chi connectivity index (χ3n) is 4.61. The van der Waals surface area contributed by atoms with Crippen LogP contribution in [0.3, 0.4) is 0 Å². The molecule has 2 aromatic carbocycles. The van der Waals surface area contributed by atoms with Gasteiger partial charge in [-0.3, -0.25) is 0 Å². The lowest BCUT2D eigenvalue weighted by Crippen LogP contribution is -2.37. The lowest BCUT2D eigenvalue weighted by Gasteiger charge is -2.22. The number of aryl methyl sites for hydroxylation is 1. The van der Waals surface area contributed by atoms with Crippen LogP contribution in [-0.4, -0.2) is 51.6 Å². The second kappa shape index (κ2) is 8.30. The van der Waals surface area contributed by atoms with Crippen molar-refractivity contribution in [2.24, 2.45) is 0 Å². The molecule has 0 radical (unpaired) electrons. The van der Waals surface area contributed by atoms with Crippen LogP contribution in [0.2, 0.25) is 10.0 Å². The van der Waals surface area contributed by atoms with E-state index in [-0.39, 0.29) is 46.0 Å². The molecule has 0 N–H and O–H groups in total. The van der Waals surface area contributed by atoms with Crippen molar-refractivity contribution in [2.75, 3.05) is 26.2 Å². The van der Waals surface area contributed by atoms with Gasteiger partial charge in [0, 0.05) is 26.2 Å². The first-order valence-corrected chi connectivity index (χ1v) is 12.3. The SMILES string of the molecule is Cc1ccc(S(=O)(=O)N2CCCN(S(=O)(=O)c3cccc(Cl)c3Cl)CC2)cc1. The lowest BCUT2D eigenvalue weighted by molar-refractivity contribution is 0.404. The molecule has 1 heterocycles. The summed E-state index contributed by atoms with van der Waals surface area (Å²) < 4.78 is 54.4. The first kappa shape index (κ1) is 21.5. The summed E-state index contributed by atoms with van der Waals surface area (Å²) in [5.74, 6) is 0. The number of rotatable bonds is 4. The zero-order chi connectivity index (χ0) is 20.5. The van der Waals surface area contributed by atoms with Crippen molar-refractivity contribution < 1.29 is 16.8 Å². The summed E-state index contributed by atoms with van der Waals surface area (Å²) >= 11 is 12.0. The fourth-order valence-electron chi connectivity index (χ4n) is 3.03. The van der Waals surface area contributed by atoms with E-state index < -0.39 is 20.0 Å². The van der Waals surface area contributed by atoms with E-state index in [9.17, 15) is 16.8 Å². The molecule has 28 heavy (non-hydrogen) atoms. The topological polar surface area (TPSA) is 74.8 Å². The molecule has 0 bridgehead atoms. The Morgan fingerprint density at radius 3 is 1.96 bits per heavy atom. The van der Waals surface area contributed by atoms with Gasteiger partial charge in [-0.1, -0.05) is 47.0 Å². The normalized spacial score (nSPS) is 17.4. The van der Waals surface area contributed by atoms with Gasteiger partial charge in [-0.25, -0.2) is 16.8 Å². The maximum absolute atomic E-state index is 13.0. The van der Waals surface area contributed by atoms with Crippen LogP contribution in [0.1, 0.15) is 12.0 Å². The van der Waals surface area contributed by atoms with Crippen molar-refractivity contribution in [3.63, 3.8) is 0 Å². The van der Waals surface area contributed by atoms with Crippen molar-refractivity contribution >= 4 is 43.2 Å². The number of sulfonamides is 2. The fourth-order valence-corrected chi connectivity index (χ4v) is 6.71. The van der Waals surface area contributed by atoms with Gasteiger partial charge in [0.15, 0.2) is 0 Å². The number of halogens is 2. The van der Waals surface area contributed by atoms with E-state index in [2.05, 4.69) is 0 Å². The first-order chi connectivity index (χ1) is 13.1. The van der Waals surface area contributed by atoms with Crippen LogP contribution in [0, 0.1) is 6.92 Å². The highest BCUT2D eigenvalue weighted by molar-refractivity contribution is 7.89. The summed E-state index contributed by atoms with van der Waals surface area (Å²) in [7, 11) is -7.57. The molecular weight excluding hydrogens is 443 g/mol. The van der Waals surface area contributed by atoms with Gasteiger partial charge in [0.25, 0.3) is 0 Å². The molecular formula is C18H20Cl2N2O4S2. The molecule has 0 amide bonds. The summed E-state index contributed by atoms with van der Waals surface area (Å²) in [6, 6.07) is 11.0. The largest absolute Gasteiger partial charge is 0.244 e. The van der Waals surface area contributed by atoms with Gasteiger partial charge in [-0.2, -0.15) is 8.61 Å². The van der Waals surface area contributed by atoms with Crippen molar-refractivity contribution in [2.45, 2.75) is 23.1 Å². The van der Waals surface area contributed by atoms with Crippen LogP contribution >= 0.6 is 23.2 Å². The quantitative estimate of drug-likeness (QED) is 0.697. The summed E-state index contributed by atoms with van der Waals surface area (Å²) in [5, 5.41) is 0.124. The Hall–Kier alpha value is -1.16. The van der Waals surface area contributed by atoms with Crippen molar-refractivity contribution in [3.8, 4) is 0 Å². The molecule has 0 saturated carbocycles. The van der Waals surface area contributed by atoms with Gasteiger partial charge in [0.2, 0.25) is 20.0 Å². The van der Waals surface area contributed by atoms with Crippen molar-refractivity contribution in [3.05, 3.63) is 58.1 Å². The Labute approximate surface area is 175 Å². The maximum Gasteiger partial charge on any atom is 0.244 e. The molecule has 1 saturated heterocycles. The van der Waals surface area contributed by atoms with E-state index in [0.29, 0.717) is 6.42 Å².